The normalized spacial score (nSPS) is 12.0. The van der Waals surface area contributed by atoms with Crippen LogP contribution in [0.25, 0.3) is 12.2 Å². The smallest absolute Gasteiger partial charge is 0.273 e. The van der Waals surface area contributed by atoms with E-state index in [9.17, 15) is 4.79 Å². The lowest BCUT2D eigenvalue weighted by molar-refractivity contribution is 0.0946. The fourth-order valence-corrected chi connectivity index (χ4v) is 3.35. The first-order valence-electron chi connectivity index (χ1n) is 10.2. The third-order valence-corrected chi connectivity index (χ3v) is 4.83. The molecule has 8 heteroatoms. The maximum Gasteiger partial charge on any atom is 0.273 e. The van der Waals surface area contributed by atoms with Crippen LogP contribution < -0.4 is 26.5 Å². The molecule has 3 heterocycles. The second kappa shape index (κ2) is 10.3. The molecule has 3 aromatic rings. The summed E-state index contributed by atoms with van der Waals surface area (Å²) >= 11 is 0. The molecule has 0 unspecified atom stereocenters. The number of hydrogen-bond acceptors (Lipinski definition) is 7. The number of hydrogen-bond donors (Lipinski definition) is 2. The zero-order chi connectivity index (χ0) is 23.1. The molecule has 3 N–H and O–H groups in total. The van der Waals surface area contributed by atoms with E-state index in [0.717, 1.165) is 33.1 Å². The Morgan fingerprint density at radius 3 is 2.75 bits per heavy atom. The summed E-state index contributed by atoms with van der Waals surface area (Å²) in [5.41, 5.74) is 8.76. The SMILES string of the molecule is C=c1cc(CNC(=O)c2nccnc2N)c(N(C)Cc2cccnc2)n/c1=C(C)/C=C\C. The molecule has 3 aromatic heterocycles. The molecule has 0 aliphatic carbocycles. The summed E-state index contributed by atoms with van der Waals surface area (Å²) in [6, 6.07) is 5.86. The van der Waals surface area contributed by atoms with Crippen LogP contribution in [0.1, 0.15) is 35.5 Å². The second-order valence-corrected chi connectivity index (χ2v) is 7.35. The highest BCUT2D eigenvalue weighted by Crippen LogP contribution is 2.16. The van der Waals surface area contributed by atoms with Crippen LogP contribution in [0.3, 0.4) is 0 Å². The van der Waals surface area contributed by atoms with Crippen molar-refractivity contribution >= 4 is 29.7 Å². The first kappa shape index (κ1) is 22.6. The van der Waals surface area contributed by atoms with Gasteiger partial charge >= 0.3 is 0 Å². The zero-order valence-corrected chi connectivity index (χ0v) is 18.5. The van der Waals surface area contributed by atoms with Gasteiger partial charge in [0, 0.05) is 50.5 Å². The number of pyridine rings is 2. The van der Waals surface area contributed by atoms with Gasteiger partial charge in [0.1, 0.15) is 5.82 Å². The highest BCUT2D eigenvalue weighted by atomic mass is 16.1. The molecule has 164 valence electrons. The van der Waals surface area contributed by atoms with Gasteiger partial charge in [0.15, 0.2) is 11.5 Å². The first-order valence-corrected chi connectivity index (χ1v) is 10.2. The summed E-state index contributed by atoms with van der Waals surface area (Å²) in [5, 5.41) is 4.46. The van der Waals surface area contributed by atoms with Gasteiger partial charge in [0.2, 0.25) is 0 Å². The van der Waals surface area contributed by atoms with E-state index in [4.69, 9.17) is 10.7 Å². The molecule has 0 bridgehead atoms. The van der Waals surface area contributed by atoms with Crippen molar-refractivity contribution < 1.29 is 4.79 Å². The second-order valence-electron chi connectivity index (χ2n) is 7.35. The third kappa shape index (κ3) is 5.34. The maximum absolute atomic E-state index is 12.6. The minimum absolute atomic E-state index is 0.0850. The number of nitrogen functional groups attached to an aromatic ring is 1. The molecule has 1 amide bonds. The summed E-state index contributed by atoms with van der Waals surface area (Å²) in [6.45, 7) is 8.97. The molecule has 3 rings (SSSR count). The van der Waals surface area contributed by atoms with Crippen LogP contribution in [0.4, 0.5) is 11.6 Å². The molecule has 0 atom stereocenters. The molecule has 0 aliphatic rings. The van der Waals surface area contributed by atoms with Crippen molar-refractivity contribution in [1.29, 1.82) is 0 Å². The van der Waals surface area contributed by atoms with Crippen molar-refractivity contribution in [3.63, 3.8) is 0 Å². The number of carbonyl (C=O) groups is 1. The number of rotatable bonds is 7. The van der Waals surface area contributed by atoms with Crippen molar-refractivity contribution in [3.05, 3.63) is 82.5 Å². The van der Waals surface area contributed by atoms with Crippen LogP contribution in [0, 0.1) is 0 Å². The topological polar surface area (TPSA) is 110 Å². The molecular formula is C24H27N7O. The Kier molecular flexibility index (Phi) is 7.28. The number of nitrogens with zero attached hydrogens (tertiary/aromatic N) is 5. The minimum atomic E-state index is -0.400. The van der Waals surface area contributed by atoms with Crippen molar-refractivity contribution in [2.45, 2.75) is 26.9 Å². The van der Waals surface area contributed by atoms with Crippen molar-refractivity contribution in [3.8, 4) is 0 Å². The molecule has 8 nitrogen and oxygen atoms in total. The number of nitrogens with one attached hydrogen (secondary N) is 1. The van der Waals surface area contributed by atoms with Gasteiger partial charge in [-0.2, -0.15) is 0 Å². The van der Waals surface area contributed by atoms with Gasteiger partial charge in [-0.15, -0.1) is 0 Å². The average Bonchev–Trinajstić information content (AvgIpc) is 2.78. The Bertz CT molecular complexity index is 1240. The summed E-state index contributed by atoms with van der Waals surface area (Å²) in [7, 11) is 1.96. The van der Waals surface area contributed by atoms with E-state index in [-0.39, 0.29) is 18.1 Å². The lowest BCUT2D eigenvalue weighted by atomic mass is 10.1. The van der Waals surface area contributed by atoms with Gasteiger partial charge < -0.3 is 16.0 Å². The summed E-state index contributed by atoms with van der Waals surface area (Å²) < 4.78 is 0. The molecule has 0 aliphatic heterocycles. The number of aromatic nitrogens is 4. The van der Waals surface area contributed by atoms with E-state index >= 15 is 0 Å². The van der Waals surface area contributed by atoms with E-state index in [2.05, 4.69) is 26.8 Å². The predicted octanol–water partition coefficient (Wildman–Crippen LogP) is 1.57. The van der Waals surface area contributed by atoms with Crippen LogP contribution in [0.15, 0.2) is 55.1 Å². The number of amides is 1. The lowest BCUT2D eigenvalue weighted by Gasteiger charge is -2.22. The van der Waals surface area contributed by atoms with Gasteiger partial charge in [-0.1, -0.05) is 24.8 Å². The highest BCUT2D eigenvalue weighted by molar-refractivity contribution is 5.96. The summed E-state index contributed by atoms with van der Waals surface area (Å²) in [5.74, 6) is 0.428. The Labute approximate surface area is 187 Å². The van der Waals surface area contributed by atoms with Crippen LogP contribution in [-0.4, -0.2) is 32.9 Å². The Balaban J connectivity index is 1.97. The van der Waals surface area contributed by atoms with Crippen molar-refractivity contribution in [2.24, 2.45) is 0 Å². The van der Waals surface area contributed by atoms with Crippen molar-refractivity contribution in [2.75, 3.05) is 17.7 Å². The van der Waals surface area contributed by atoms with E-state index in [1.807, 2.05) is 62.3 Å². The van der Waals surface area contributed by atoms with Crippen LogP contribution in [0.2, 0.25) is 0 Å². The van der Waals surface area contributed by atoms with Gasteiger partial charge in [-0.05, 0) is 42.3 Å². The van der Waals surface area contributed by atoms with Gasteiger partial charge in [-0.3, -0.25) is 9.78 Å². The monoisotopic (exact) mass is 429 g/mol. The molecule has 0 fully saturated rings. The average molecular weight is 430 g/mol. The van der Waals surface area contributed by atoms with E-state index in [1.165, 1.54) is 12.4 Å². The van der Waals surface area contributed by atoms with Crippen LogP contribution in [0.5, 0.6) is 0 Å². The largest absolute Gasteiger partial charge is 0.382 e. The van der Waals surface area contributed by atoms with E-state index in [1.54, 1.807) is 6.20 Å². The molecule has 0 saturated carbocycles. The number of anilines is 2. The number of carbonyl (C=O) groups excluding carboxylic acids is 1. The fraction of sp³-hybridized carbons (Fsp3) is 0.208. The third-order valence-electron chi connectivity index (χ3n) is 4.83. The molecular weight excluding hydrogens is 402 g/mol. The molecule has 0 spiro atoms. The minimum Gasteiger partial charge on any atom is -0.382 e. The fourth-order valence-electron chi connectivity index (χ4n) is 3.35. The Morgan fingerprint density at radius 1 is 1.28 bits per heavy atom. The molecule has 0 radical (unpaired) electrons. The predicted molar refractivity (Wildman–Crippen MR) is 127 cm³/mol. The molecule has 0 saturated heterocycles. The van der Waals surface area contributed by atoms with E-state index in [0.29, 0.717) is 6.54 Å². The number of allylic oxidation sites excluding steroid dienone is 2. The summed E-state index contributed by atoms with van der Waals surface area (Å²) in [6.07, 6.45) is 10.4. The summed E-state index contributed by atoms with van der Waals surface area (Å²) in [4.78, 5) is 31.7. The van der Waals surface area contributed by atoms with Crippen molar-refractivity contribution in [1.82, 2.24) is 25.3 Å². The zero-order valence-electron chi connectivity index (χ0n) is 18.5. The maximum atomic E-state index is 12.6. The Morgan fingerprint density at radius 2 is 2.06 bits per heavy atom. The molecule has 0 aromatic carbocycles. The molecule has 32 heavy (non-hydrogen) atoms. The van der Waals surface area contributed by atoms with Gasteiger partial charge in [0.25, 0.3) is 5.91 Å². The van der Waals surface area contributed by atoms with Crippen LogP contribution in [-0.2, 0) is 13.1 Å². The highest BCUT2D eigenvalue weighted by Gasteiger charge is 2.15. The van der Waals surface area contributed by atoms with Crippen LogP contribution >= 0.6 is 0 Å². The lowest BCUT2D eigenvalue weighted by Crippen LogP contribution is -2.35. The number of nitrogens with two attached hydrogens (primary N) is 1. The Hall–Kier alpha value is -4.07. The van der Waals surface area contributed by atoms with E-state index < -0.39 is 5.91 Å². The first-order chi connectivity index (χ1) is 15.4. The quantitative estimate of drug-likeness (QED) is 0.587. The van der Waals surface area contributed by atoms with Gasteiger partial charge in [0.05, 0.1) is 5.35 Å². The standard InChI is InChI=1S/C24H27N7O/c1-5-7-16(2)20-17(3)12-19(14-29-24(32)21-22(25)28-11-10-27-21)23(30-20)31(4)15-18-8-6-9-26-13-18/h5-13H,3,14-15H2,1-2,4H3,(H2,25,28)(H,29,32)/b7-5-,20-16+. The van der Waals surface area contributed by atoms with Gasteiger partial charge in [-0.25, -0.2) is 15.0 Å².